The zero-order valence-corrected chi connectivity index (χ0v) is 14.0. The van der Waals surface area contributed by atoms with E-state index in [0.717, 1.165) is 25.0 Å². The zero-order valence-electron chi connectivity index (χ0n) is 14.0. The summed E-state index contributed by atoms with van der Waals surface area (Å²) in [4.78, 5) is 8.26. The number of H-pyrrole nitrogens is 1. The van der Waals surface area contributed by atoms with E-state index in [1.54, 1.807) is 0 Å². The van der Waals surface area contributed by atoms with Crippen LogP contribution in [0.3, 0.4) is 0 Å². The van der Waals surface area contributed by atoms with Gasteiger partial charge in [-0.2, -0.15) is 0 Å². The van der Waals surface area contributed by atoms with Crippen molar-refractivity contribution in [2.24, 2.45) is 4.99 Å². The van der Waals surface area contributed by atoms with Crippen molar-refractivity contribution in [1.29, 1.82) is 0 Å². The van der Waals surface area contributed by atoms with E-state index < -0.39 is 0 Å². The normalized spacial score (nSPS) is 30.9. The Morgan fingerprint density at radius 2 is 2.08 bits per heavy atom. The van der Waals surface area contributed by atoms with Crippen molar-refractivity contribution in [2.75, 3.05) is 5.32 Å². The van der Waals surface area contributed by atoms with Crippen molar-refractivity contribution in [3.8, 4) is 0 Å². The summed E-state index contributed by atoms with van der Waals surface area (Å²) in [6.07, 6.45) is 7.97. The third-order valence-electron chi connectivity index (χ3n) is 5.76. The monoisotopic (exact) mass is 321 g/mol. The van der Waals surface area contributed by atoms with E-state index in [1.807, 2.05) is 12.3 Å². The molecule has 2 aliphatic heterocycles. The molecule has 4 nitrogen and oxygen atoms in total. The molecule has 124 valence electrons. The van der Waals surface area contributed by atoms with Gasteiger partial charge in [-0.3, -0.25) is 4.99 Å². The number of aryl methyl sites for hydroxylation is 1. The molecule has 2 N–H and O–H groups in total. The van der Waals surface area contributed by atoms with Crippen LogP contribution in [-0.2, 0) is 17.6 Å². The Kier molecular flexibility index (Phi) is 3.10. The quantitative estimate of drug-likeness (QED) is 0.834. The number of hydrogen-bond donors (Lipinski definition) is 2. The fourth-order valence-electron chi connectivity index (χ4n) is 4.50. The molecule has 1 aromatic carbocycles. The van der Waals surface area contributed by atoms with Crippen molar-refractivity contribution in [3.05, 3.63) is 52.8 Å². The Morgan fingerprint density at radius 1 is 1.21 bits per heavy atom. The van der Waals surface area contributed by atoms with Crippen molar-refractivity contribution in [3.63, 3.8) is 0 Å². The number of fused-ring (bicyclic) bond motifs is 3. The average Bonchev–Trinajstić information content (AvgIpc) is 3.16. The van der Waals surface area contributed by atoms with E-state index in [9.17, 15) is 0 Å². The van der Waals surface area contributed by atoms with Gasteiger partial charge in [0.2, 0.25) is 0 Å². The highest BCUT2D eigenvalue weighted by Crippen LogP contribution is 2.44. The number of aromatic nitrogens is 1. The third-order valence-corrected chi connectivity index (χ3v) is 5.76. The molecule has 1 aromatic heterocycles. The number of aromatic amines is 1. The van der Waals surface area contributed by atoms with Crippen LogP contribution in [0.4, 0.5) is 5.69 Å². The highest BCUT2D eigenvalue weighted by molar-refractivity contribution is 5.90. The van der Waals surface area contributed by atoms with E-state index in [-0.39, 0.29) is 11.8 Å². The van der Waals surface area contributed by atoms with Crippen LogP contribution in [0.15, 0.2) is 35.3 Å². The molecular formula is C20H23N3O. The molecule has 3 heterocycles. The highest BCUT2D eigenvalue weighted by Gasteiger charge is 2.43. The predicted octanol–water partition coefficient (Wildman–Crippen LogP) is 3.98. The van der Waals surface area contributed by atoms with Gasteiger partial charge in [-0.05, 0) is 43.7 Å². The van der Waals surface area contributed by atoms with Gasteiger partial charge in [0.25, 0.3) is 0 Å². The smallest absolute Gasteiger partial charge is 0.144 e. The SMILES string of the molecule is CC1CCC2(CCc3[nH]c4c(c3C2)NC(c2ccccc2)N=C4)O1. The first-order chi connectivity index (χ1) is 11.7. The van der Waals surface area contributed by atoms with Crippen molar-refractivity contribution in [2.45, 2.75) is 56.9 Å². The number of ether oxygens (including phenoxy) is 1. The molecule has 1 fully saturated rings. The first-order valence-corrected chi connectivity index (χ1v) is 8.99. The standard InChI is InChI=1S/C20H23N3O/c1-13-7-9-20(24-13)10-8-16-15(11-20)18-17(22-16)12-21-19(23-18)14-5-3-2-4-6-14/h2-6,12-13,19,22-23H,7-11H2,1H3. The van der Waals surface area contributed by atoms with Crippen LogP contribution in [0.25, 0.3) is 0 Å². The molecule has 0 bridgehead atoms. The van der Waals surface area contributed by atoms with Gasteiger partial charge in [0, 0.05) is 18.3 Å². The van der Waals surface area contributed by atoms with Crippen LogP contribution in [0.1, 0.15) is 54.9 Å². The second-order valence-corrected chi connectivity index (χ2v) is 7.43. The summed E-state index contributed by atoms with van der Waals surface area (Å²) in [6, 6.07) is 10.4. The third kappa shape index (κ3) is 2.20. The summed E-state index contributed by atoms with van der Waals surface area (Å²) in [5.74, 6) is 0. The maximum absolute atomic E-state index is 6.34. The van der Waals surface area contributed by atoms with E-state index in [2.05, 4.69) is 46.5 Å². The fourth-order valence-corrected chi connectivity index (χ4v) is 4.50. The molecule has 0 radical (unpaired) electrons. The van der Waals surface area contributed by atoms with E-state index >= 15 is 0 Å². The van der Waals surface area contributed by atoms with Crippen LogP contribution in [-0.4, -0.2) is 22.9 Å². The Bertz CT molecular complexity index is 795. The van der Waals surface area contributed by atoms with Gasteiger partial charge in [-0.15, -0.1) is 0 Å². The summed E-state index contributed by atoms with van der Waals surface area (Å²) in [5.41, 5.74) is 6.39. The zero-order chi connectivity index (χ0) is 16.1. The molecule has 0 saturated carbocycles. The van der Waals surface area contributed by atoms with Gasteiger partial charge < -0.3 is 15.0 Å². The molecular weight excluding hydrogens is 298 g/mol. The van der Waals surface area contributed by atoms with E-state index in [1.165, 1.54) is 35.3 Å². The van der Waals surface area contributed by atoms with Crippen LogP contribution in [0, 0.1) is 0 Å². The average molecular weight is 321 g/mol. The van der Waals surface area contributed by atoms with E-state index in [0.29, 0.717) is 6.10 Å². The van der Waals surface area contributed by atoms with Crippen LogP contribution in [0.2, 0.25) is 0 Å². The lowest BCUT2D eigenvalue weighted by Crippen LogP contribution is -2.36. The van der Waals surface area contributed by atoms with Crippen molar-refractivity contribution < 1.29 is 4.74 Å². The Hall–Kier alpha value is -2.07. The summed E-state index contributed by atoms with van der Waals surface area (Å²) in [6.45, 7) is 2.20. The maximum Gasteiger partial charge on any atom is 0.144 e. The first-order valence-electron chi connectivity index (χ1n) is 8.99. The molecule has 4 heteroatoms. The lowest BCUT2D eigenvalue weighted by atomic mass is 9.81. The number of nitrogens with one attached hydrogen (secondary N) is 2. The number of hydrogen-bond acceptors (Lipinski definition) is 3. The van der Waals surface area contributed by atoms with Gasteiger partial charge in [-0.25, -0.2) is 0 Å². The summed E-state index contributed by atoms with van der Waals surface area (Å²) >= 11 is 0. The fraction of sp³-hybridized carbons (Fsp3) is 0.450. The second kappa shape index (κ2) is 5.21. The van der Waals surface area contributed by atoms with Gasteiger partial charge in [0.05, 0.1) is 23.1 Å². The molecule has 1 aliphatic carbocycles. The summed E-state index contributed by atoms with van der Waals surface area (Å²) < 4.78 is 6.34. The van der Waals surface area contributed by atoms with Crippen molar-refractivity contribution >= 4 is 11.9 Å². The van der Waals surface area contributed by atoms with Gasteiger partial charge in [0.1, 0.15) is 6.17 Å². The lowest BCUT2D eigenvalue weighted by molar-refractivity contribution is -0.0426. The topological polar surface area (TPSA) is 49.4 Å². The van der Waals surface area contributed by atoms with Crippen LogP contribution >= 0.6 is 0 Å². The molecule has 3 atom stereocenters. The molecule has 1 saturated heterocycles. The molecule has 3 unspecified atom stereocenters. The Balaban J connectivity index is 1.48. The molecule has 3 aliphatic rings. The van der Waals surface area contributed by atoms with Gasteiger partial charge in [-0.1, -0.05) is 30.3 Å². The minimum absolute atomic E-state index is 0.0000958. The number of aliphatic imine (C=N–C) groups is 1. The highest BCUT2D eigenvalue weighted by atomic mass is 16.5. The lowest BCUT2D eigenvalue weighted by Gasteiger charge is -2.34. The molecule has 24 heavy (non-hydrogen) atoms. The molecule has 1 spiro atoms. The van der Waals surface area contributed by atoms with E-state index in [4.69, 9.17) is 4.74 Å². The van der Waals surface area contributed by atoms with Crippen molar-refractivity contribution in [1.82, 2.24) is 4.98 Å². The van der Waals surface area contributed by atoms with Gasteiger partial charge in [0.15, 0.2) is 0 Å². The number of anilines is 1. The number of rotatable bonds is 1. The van der Waals surface area contributed by atoms with Crippen LogP contribution < -0.4 is 5.32 Å². The van der Waals surface area contributed by atoms with Crippen LogP contribution in [0.5, 0.6) is 0 Å². The molecule has 2 aromatic rings. The predicted molar refractivity (Wildman–Crippen MR) is 95.7 cm³/mol. The van der Waals surface area contributed by atoms with Gasteiger partial charge >= 0.3 is 0 Å². The summed E-state index contributed by atoms with van der Waals surface area (Å²) in [5, 5.41) is 3.65. The number of nitrogens with zero attached hydrogens (tertiary/aromatic N) is 1. The first kappa shape index (κ1) is 14.3. The number of benzene rings is 1. The minimum atomic E-state index is -0.0000958. The largest absolute Gasteiger partial charge is 0.372 e. The molecule has 0 amide bonds. The minimum Gasteiger partial charge on any atom is -0.372 e. The Labute approximate surface area is 142 Å². The Morgan fingerprint density at radius 3 is 2.88 bits per heavy atom. The molecule has 5 rings (SSSR count). The maximum atomic E-state index is 6.34. The summed E-state index contributed by atoms with van der Waals surface area (Å²) in [7, 11) is 0. The second-order valence-electron chi connectivity index (χ2n) is 7.43.